The molecule has 2 nitrogen and oxygen atoms in total. The van der Waals surface area contributed by atoms with Gasteiger partial charge >= 0.3 is 0 Å². The normalized spacial score (nSPS) is 12.6. The summed E-state index contributed by atoms with van der Waals surface area (Å²) < 4.78 is 5.76. The second-order valence-electron chi connectivity index (χ2n) is 5.33. The zero-order valence-electron chi connectivity index (χ0n) is 12.7. The number of ether oxygens (including phenoxy) is 1. The van der Waals surface area contributed by atoms with Crippen LogP contribution in [0.25, 0.3) is 0 Å². The van der Waals surface area contributed by atoms with E-state index in [1.807, 2.05) is 0 Å². The Hall–Kier alpha value is -0.860. The van der Waals surface area contributed by atoms with E-state index in [1.165, 1.54) is 24.0 Å². The molecule has 0 heterocycles. The molecule has 1 aromatic rings. The van der Waals surface area contributed by atoms with Crippen LogP contribution in [0.4, 0.5) is 0 Å². The van der Waals surface area contributed by atoms with Gasteiger partial charge in [0.2, 0.25) is 0 Å². The molecule has 0 aliphatic carbocycles. The maximum absolute atomic E-state index is 5.76. The first-order valence-electron chi connectivity index (χ1n) is 7.62. The molecule has 0 aliphatic rings. The summed E-state index contributed by atoms with van der Waals surface area (Å²) in [5.74, 6) is 0.671. The van der Waals surface area contributed by atoms with Gasteiger partial charge in [0.15, 0.2) is 0 Å². The van der Waals surface area contributed by atoms with Crippen LogP contribution < -0.4 is 5.32 Å². The van der Waals surface area contributed by atoms with Crippen LogP contribution in [0, 0.1) is 5.92 Å². The van der Waals surface area contributed by atoms with E-state index in [9.17, 15) is 0 Å². The highest BCUT2D eigenvalue weighted by Crippen LogP contribution is 2.09. The highest BCUT2D eigenvalue weighted by molar-refractivity contribution is 5.22. The van der Waals surface area contributed by atoms with Gasteiger partial charge < -0.3 is 10.1 Å². The maximum Gasteiger partial charge on any atom is 0.0717 e. The Morgan fingerprint density at radius 2 is 1.79 bits per heavy atom. The molecule has 0 radical (unpaired) electrons. The summed E-state index contributed by atoms with van der Waals surface area (Å²) in [6, 6.07) is 8.80. The smallest absolute Gasteiger partial charge is 0.0717 e. The summed E-state index contributed by atoms with van der Waals surface area (Å²) in [5.41, 5.74) is 2.67. The minimum absolute atomic E-state index is 0.671. The van der Waals surface area contributed by atoms with E-state index >= 15 is 0 Å². The second kappa shape index (κ2) is 9.99. The van der Waals surface area contributed by atoms with Crippen LogP contribution in [-0.4, -0.2) is 19.7 Å². The molecular weight excluding hydrogens is 234 g/mol. The standard InChI is InChI=1S/C17H29NO/c1-4-6-15(3)13-19-14-17-9-7-16(8-10-17)11-12-18-5-2/h7-10,15,18H,4-6,11-14H2,1-3H3. The number of rotatable bonds is 10. The predicted molar refractivity (Wildman–Crippen MR) is 82.4 cm³/mol. The molecule has 0 aromatic heterocycles. The maximum atomic E-state index is 5.76. The lowest BCUT2D eigenvalue weighted by Crippen LogP contribution is -2.15. The van der Waals surface area contributed by atoms with Crippen molar-refractivity contribution >= 4 is 0 Å². The Balaban J connectivity index is 2.24. The van der Waals surface area contributed by atoms with Gasteiger partial charge in [0.1, 0.15) is 0 Å². The molecule has 2 heteroatoms. The van der Waals surface area contributed by atoms with Crippen LogP contribution >= 0.6 is 0 Å². The molecule has 0 aliphatic heterocycles. The first kappa shape index (κ1) is 16.2. The van der Waals surface area contributed by atoms with Crippen molar-refractivity contribution in [1.82, 2.24) is 5.32 Å². The summed E-state index contributed by atoms with van der Waals surface area (Å²) in [7, 11) is 0. The lowest BCUT2D eigenvalue weighted by molar-refractivity contribution is 0.0893. The van der Waals surface area contributed by atoms with E-state index in [1.54, 1.807) is 0 Å². The van der Waals surface area contributed by atoms with Gasteiger partial charge in [-0.3, -0.25) is 0 Å². The molecule has 1 unspecified atom stereocenters. The van der Waals surface area contributed by atoms with Gasteiger partial charge in [-0.15, -0.1) is 0 Å². The molecule has 0 amide bonds. The second-order valence-corrected chi connectivity index (χ2v) is 5.33. The van der Waals surface area contributed by atoms with E-state index < -0.39 is 0 Å². The van der Waals surface area contributed by atoms with E-state index in [4.69, 9.17) is 4.74 Å². The van der Waals surface area contributed by atoms with Gasteiger partial charge in [0.05, 0.1) is 6.61 Å². The number of likely N-dealkylation sites (N-methyl/N-ethyl adjacent to an activating group) is 1. The fourth-order valence-electron chi connectivity index (χ4n) is 2.17. The van der Waals surface area contributed by atoms with Crippen molar-refractivity contribution in [1.29, 1.82) is 0 Å². The van der Waals surface area contributed by atoms with Crippen LogP contribution in [0.3, 0.4) is 0 Å². The molecule has 108 valence electrons. The van der Waals surface area contributed by atoms with E-state index in [0.717, 1.165) is 32.7 Å². The van der Waals surface area contributed by atoms with Crippen molar-refractivity contribution in [3.63, 3.8) is 0 Å². The molecule has 0 saturated carbocycles. The monoisotopic (exact) mass is 263 g/mol. The van der Waals surface area contributed by atoms with E-state index in [-0.39, 0.29) is 0 Å². The lowest BCUT2D eigenvalue weighted by atomic mass is 10.1. The van der Waals surface area contributed by atoms with Crippen molar-refractivity contribution in [2.45, 2.75) is 46.6 Å². The number of nitrogens with one attached hydrogen (secondary N) is 1. The predicted octanol–water partition coefficient (Wildman–Crippen LogP) is 3.79. The molecular formula is C17H29NO. The molecule has 0 bridgehead atoms. The number of hydrogen-bond acceptors (Lipinski definition) is 2. The highest BCUT2D eigenvalue weighted by Gasteiger charge is 2.01. The van der Waals surface area contributed by atoms with Crippen molar-refractivity contribution in [3.8, 4) is 0 Å². The van der Waals surface area contributed by atoms with E-state index in [2.05, 4.69) is 50.4 Å². The molecule has 1 rings (SSSR count). The fraction of sp³-hybridized carbons (Fsp3) is 0.647. The number of benzene rings is 1. The van der Waals surface area contributed by atoms with Gasteiger partial charge in [-0.2, -0.15) is 0 Å². The van der Waals surface area contributed by atoms with E-state index in [0.29, 0.717) is 5.92 Å². The zero-order chi connectivity index (χ0) is 13.9. The van der Waals surface area contributed by atoms with Crippen molar-refractivity contribution in [3.05, 3.63) is 35.4 Å². The minimum Gasteiger partial charge on any atom is -0.376 e. The lowest BCUT2D eigenvalue weighted by Gasteiger charge is -2.11. The third-order valence-electron chi connectivity index (χ3n) is 3.32. The first-order chi connectivity index (χ1) is 9.26. The van der Waals surface area contributed by atoms with Gasteiger partial charge in [-0.1, -0.05) is 51.5 Å². The highest BCUT2D eigenvalue weighted by atomic mass is 16.5. The summed E-state index contributed by atoms with van der Waals surface area (Å²) in [5, 5.41) is 3.35. The largest absolute Gasteiger partial charge is 0.376 e. The van der Waals surface area contributed by atoms with Crippen molar-refractivity contribution in [2.75, 3.05) is 19.7 Å². The number of hydrogen-bond donors (Lipinski definition) is 1. The van der Waals surface area contributed by atoms with Crippen LogP contribution in [-0.2, 0) is 17.8 Å². The zero-order valence-corrected chi connectivity index (χ0v) is 12.7. The molecule has 0 spiro atoms. The average molecular weight is 263 g/mol. The molecule has 0 saturated heterocycles. The van der Waals surface area contributed by atoms with Crippen LogP contribution in [0.5, 0.6) is 0 Å². The van der Waals surface area contributed by atoms with Crippen LogP contribution in [0.15, 0.2) is 24.3 Å². The minimum atomic E-state index is 0.671. The van der Waals surface area contributed by atoms with Gasteiger partial charge in [0, 0.05) is 6.61 Å². The quantitative estimate of drug-likeness (QED) is 0.648. The van der Waals surface area contributed by atoms with Crippen molar-refractivity contribution < 1.29 is 4.74 Å². The fourth-order valence-corrected chi connectivity index (χ4v) is 2.17. The van der Waals surface area contributed by atoms with Crippen molar-refractivity contribution in [2.24, 2.45) is 5.92 Å². The Bertz CT molecular complexity index is 321. The summed E-state index contributed by atoms with van der Waals surface area (Å²) in [6.45, 7) is 10.3. The summed E-state index contributed by atoms with van der Waals surface area (Å²) in [6.07, 6.45) is 3.59. The molecule has 19 heavy (non-hydrogen) atoms. The molecule has 0 fully saturated rings. The Kier molecular flexibility index (Phi) is 8.52. The average Bonchev–Trinajstić information content (AvgIpc) is 2.41. The van der Waals surface area contributed by atoms with Crippen LogP contribution in [0.2, 0.25) is 0 Å². The Morgan fingerprint density at radius 1 is 1.11 bits per heavy atom. The topological polar surface area (TPSA) is 21.3 Å². The Morgan fingerprint density at radius 3 is 2.42 bits per heavy atom. The molecule has 1 aromatic carbocycles. The van der Waals surface area contributed by atoms with Crippen LogP contribution in [0.1, 0.15) is 44.7 Å². The SMILES string of the molecule is CCCC(C)COCc1ccc(CCNCC)cc1. The molecule has 1 N–H and O–H groups in total. The Labute approximate surface area is 118 Å². The van der Waals surface area contributed by atoms with Gasteiger partial charge in [-0.25, -0.2) is 0 Å². The first-order valence-corrected chi connectivity index (χ1v) is 7.62. The molecule has 1 atom stereocenters. The summed E-state index contributed by atoms with van der Waals surface area (Å²) >= 11 is 0. The third kappa shape index (κ3) is 7.34. The van der Waals surface area contributed by atoms with Gasteiger partial charge in [-0.05, 0) is 43.0 Å². The summed E-state index contributed by atoms with van der Waals surface area (Å²) in [4.78, 5) is 0. The third-order valence-corrected chi connectivity index (χ3v) is 3.32. The van der Waals surface area contributed by atoms with Gasteiger partial charge in [0.25, 0.3) is 0 Å².